The number of amides is 2. The number of carbonyl (C=O) groups is 1. The molecule has 0 aliphatic rings. The van der Waals surface area contributed by atoms with E-state index in [1.807, 2.05) is 0 Å². The molecule has 0 aromatic carbocycles. The molecule has 0 radical (unpaired) electrons. The Morgan fingerprint density at radius 3 is 2.80 bits per heavy atom. The fourth-order valence-electron chi connectivity index (χ4n) is 1.06. The van der Waals surface area contributed by atoms with Crippen LogP contribution in [0.25, 0.3) is 0 Å². The lowest BCUT2D eigenvalue weighted by Crippen LogP contribution is -2.42. The number of urea groups is 1. The third-order valence-electron chi connectivity index (χ3n) is 1.84. The second kappa shape index (κ2) is 7.90. The number of hydrogen-bond acceptors (Lipinski definition) is 3. The Bertz CT molecular complexity index is 218. The molecule has 0 rings (SSSR count). The molecule has 0 aromatic rings. The third-order valence-corrected chi connectivity index (χ3v) is 1.84. The van der Waals surface area contributed by atoms with E-state index in [1.165, 1.54) is 0 Å². The number of hydrogen-bond donors (Lipinski definition) is 4. The van der Waals surface area contributed by atoms with E-state index in [9.17, 15) is 4.79 Å². The first-order valence-corrected chi connectivity index (χ1v) is 5.10. The van der Waals surface area contributed by atoms with Crippen LogP contribution in [0, 0.1) is 0 Å². The number of unbranched alkanes of at least 4 members (excludes halogenated alkanes) is 1. The summed E-state index contributed by atoms with van der Waals surface area (Å²) in [4.78, 5) is 11.2. The van der Waals surface area contributed by atoms with Crippen molar-refractivity contribution >= 4 is 11.9 Å². The molecule has 0 saturated carbocycles. The molecule has 2 amide bonds. The molecule has 6 heteroatoms. The lowest BCUT2D eigenvalue weighted by Gasteiger charge is -2.13. The molecule has 0 bridgehead atoms. The second-order valence-corrected chi connectivity index (χ2v) is 3.45. The monoisotopic (exact) mass is 216 g/mol. The van der Waals surface area contributed by atoms with Crippen LogP contribution in [-0.2, 0) is 0 Å². The maximum Gasteiger partial charge on any atom is 0.315 e. The molecule has 0 aliphatic heterocycles. The van der Waals surface area contributed by atoms with Crippen LogP contribution in [0.4, 0.5) is 4.79 Å². The summed E-state index contributed by atoms with van der Waals surface area (Å²) in [7, 11) is 0. The van der Waals surface area contributed by atoms with Crippen LogP contribution in [0.5, 0.6) is 0 Å². The van der Waals surface area contributed by atoms with Crippen LogP contribution in [0.1, 0.15) is 33.1 Å². The fourth-order valence-corrected chi connectivity index (χ4v) is 1.06. The van der Waals surface area contributed by atoms with Crippen molar-refractivity contribution in [1.29, 1.82) is 0 Å². The van der Waals surface area contributed by atoms with Gasteiger partial charge in [0.1, 0.15) is 5.84 Å². The summed E-state index contributed by atoms with van der Waals surface area (Å²) >= 11 is 0. The number of amidine groups is 1. The molecular weight excluding hydrogens is 196 g/mol. The quantitative estimate of drug-likeness (QED) is 0.172. The van der Waals surface area contributed by atoms with Gasteiger partial charge in [0.25, 0.3) is 0 Å². The molecule has 0 aromatic heterocycles. The van der Waals surface area contributed by atoms with Gasteiger partial charge in [-0.3, -0.25) is 0 Å². The van der Waals surface area contributed by atoms with Gasteiger partial charge in [-0.15, -0.1) is 0 Å². The summed E-state index contributed by atoms with van der Waals surface area (Å²) in [6.45, 7) is 4.51. The Morgan fingerprint density at radius 2 is 2.27 bits per heavy atom. The minimum Gasteiger partial charge on any atom is -0.409 e. The number of nitrogens with two attached hydrogens (primary N) is 1. The molecule has 0 aliphatic carbocycles. The minimum absolute atomic E-state index is 0.108. The maximum atomic E-state index is 11.2. The lowest BCUT2D eigenvalue weighted by atomic mass is 10.2. The highest BCUT2D eigenvalue weighted by Crippen LogP contribution is 1.90. The Balaban J connectivity index is 3.67. The van der Waals surface area contributed by atoms with Crippen molar-refractivity contribution in [2.24, 2.45) is 10.9 Å². The summed E-state index contributed by atoms with van der Waals surface area (Å²) in [6, 6.07) is -0.371. The van der Waals surface area contributed by atoms with E-state index in [2.05, 4.69) is 22.7 Å². The Hall–Kier alpha value is -1.46. The standard InChI is InChI=1S/C9H20N4O2/c1-3-4-5-11-9(14)12-7(2)6-8(10)13-15/h7,15H,3-6H2,1-2H3,(H2,10,13)(H2,11,12,14). The smallest absolute Gasteiger partial charge is 0.315 e. The van der Waals surface area contributed by atoms with E-state index in [1.54, 1.807) is 6.92 Å². The molecule has 15 heavy (non-hydrogen) atoms. The summed E-state index contributed by atoms with van der Waals surface area (Å²) in [5.74, 6) is 0.108. The largest absolute Gasteiger partial charge is 0.409 e. The van der Waals surface area contributed by atoms with Crippen molar-refractivity contribution in [3.8, 4) is 0 Å². The highest BCUT2D eigenvalue weighted by molar-refractivity contribution is 5.81. The maximum absolute atomic E-state index is 11.2. The predicted octanol–water partition coefficient (Wildman–Crippen LogP) is 0.611. The molecule has 88 valence electrons. The predicted molar refractivity (Wildman–Crippen MR) is 58.9 cm³/mol. The minimum atomic E-state index is -0.221. The summed E-state index contributed by atoms with van der Waals surface area (Å²) in [6.07, 6.45) is 2.33. The molecule has 0 spiro atoms. The van der Waals surface area contributed by atoms with E-state index >= 15 is 0 Å². The zero-order chi connectivity index (χ0) is 11.7. The number of rotatable bonds is 6. The molecular formula is C9H20N4O2. The van der Waals surface area contributed by atoms with Gasteiger partial charge in [0.15, 0.2) is 0 Å². The van der Waals surface area contributed by atoms with Gasteiger partial charge in [-0.1, -0.05) is 18.5 Å². The first kappa shape index (κ1) is 13.5. The molecule has 1 unspecified atom stereocenters. The van der Waals surface area contributed by atoms with Gasteiger partial charge < -0.3 is 21.6 Å². The average Bonchev–Trinajstić information content (AvgIpc) is 2.17. The molecule has 0 fully saturated rings. The normalized spacial score (nSPS) is 13.3. The Morgan fingerprint density at radius 1 is 1.60 bits per heavy atom. The Labute approximate surface area is 89.9 Å². The van der Waals surface area contributed by atoms with Crippen LogP contribution >= 0.6 is 0 Å². The molecule has 5 N–H and O–H groups in total. The van der Waals surface area contributed by atoms with Crippen LogP contribution in [0.2, 0.25) is 0 Å². The van der Waals surface area contributed by atoms with E-state index in [0.29, 0.717) is 13.0 Å². The molecule has 0 heterocycles. The zero-order valence-electron chi connectivity index (χ0n) is 9.29. The van der Waals surface area contributed by atoms with E-state index < -0.39 is 0 Å². The first-order valence-electron chi connectivity index (χ1n) is 5.10. The van der Waals surface area contributed by atoms with E-state index in [4.69, 9.17) is 10.9 Å². The highest BCUT2D eigenvalue weighted by Gasteiger charge is 2.08. The fraction of sp³-hybridized carbons (Fsp3) is 0.778. The van der Waals surface area contributed by atoms with Crippen molar-refractivity contribution in [2.45, 2.75) is 39.2 Å². The number of nitrogens with one attached hydrogen (secondary N) is 2. The average molecular weight is 216 g/mol. The van der Waals surface area contributed by atoms with Gasteiger partial charge >= 0.3 is 6.03 Å². The Kier molecular flexibility index (Phi) is 7.13. The zero-order valence-corrected chi connectivity index (χ0v) is 9.29. The van der Waals surface area contributed by atoms with Gasteiger partial charge in [0.2, 0.25) is 0 Å². The highest BCUT2D eigenvalue weighted by atomic mass is 16.4. The summed E-state index contributed by atoms with van der Waals surface area (Å²) in [5.41, 5.74) is 5.30. The van der Waals surface area contributed by atoms with Crippen molar-refractivity contribution < 1.29 is 10.0 Å². The van der Waals surface area contributed by atoms with Crippen LogP contribution in [-0.4, -0.2) is 29.7 Å². The van der Waals surface area contributed by atoms with Crippen molar-refractivity contribution in [2.75, 3.05) is 6.54 Å². The van der Waals surface area contributed by atoms with Crippen LogP contribution in [0.3, 0.4) is 0 Å². The number of nitrogens with zero attached hydrogens (tertiary/aromatic N) is 1. The van der Waals surface area contributed by atoms with Crippen molar-refractivity contribution in [3.63, 3.8) is 0 Å². The number of carbonyl (C=O) groups excluding carboxylic acids is 1. The second-order valence-electron chi connectivity index (χ2n) is 3.45. The summed E-state index contributed by atoms with van der Waals surface area (Å²) < 4.78 is 0. The van der Waals surface area contributed by atoms with Gasteiger partial charge in [0, 0.05) is 19.0 Å². The summed E-state index contributed by atoms with van der Waals surface area (Å²) in [5, 5.41) is 16.6. The van der Waals surface area contributed by atoms with Gasteiger partial charge in [-0.05, 0) is 13.3 Å². The van der Waals surface area contributed by atoms with Gasteiger partial charge in [-0.25, -0.2) is 4.79 Å². The van der Waals surface area contributed by atoms with E-state index in [0.717, 1.165) is 12.8 Å². The van der Waals surface area contributed by atoms with Crippen molar-refractivity contribution in [3.05, 3.63) is 0 Å². The van der Waals surface area contributed by atoms with Crippen molar-refractivity contribution in [1.82, 2.24) is 10.6 Å². The van der Waals surface area contributed by atoms with E-state index in [-0.39, 0.29) is 17.9 Å². The SMILES string of the molecule is CCCCNC(=O)NC(C)CC(N)=NO. The first-order chi connectivity index (χ1) is 7.10. The molecule has 1 atom stereocenters. The van der Waals surface area contributed by atoms with Crippen LogP contribution in [0.15, 0.2) is 5.16 Å². The molecule has 0 saturated heterocycles. The topological polar surface area (TPSA) is 99.7 Å². The lowest BCUT2D eigenvalue weighted by molar-refractivity contribution is 0.237. The number of oxime groups is 1. The third kappa shape index (κ3) is 7.60. The van der Waals surface area contributed by atoms with Gasteiger partial charge in [0.05, 0.1) is 0 Å². The molecule has 6 nitrogen and oxygen atoms in total. The van der Waals surface area contributed by atoms with Gasteiger partial charge in [-0.2, -0.15) is 0 Å². The van der Waals surface area contributed by atoms with Crippen LogP contribution < -0.4 is 16.4 Å².